The number of amidine groups is 1. The lowest BCUT2D eigenvalue weighted by atomic mass is 9.89. The number of imidazole rings is 1. The maximum absolute atomic E-state index is 13.8. The van der Waals surface area contributed by atoms with E-state index >= 15 is 0 Å². The number of sulfonamides is 1. The van der Waals surface area contributed by atoms with Crippen molar-refractivity contribution in [2.75, 3.05) is 11.9 Å². The predicted octanol–water partition coefficient (Wildman–Crippen LogP) is 2.26. The number of amides is 2. The van der Waals surface area contributed by atoms with Crippen LogP contribution in [0.3, 0.4) is 0 Å². The number of carbonyl (C=O) groups is 2. The van der Waals surface area contributed by atoms with Crippen LogP contribution in [-0.2, 0) is 30.9 Å². The summed E-state index contributed by atoms with van der Waals surface area (Å²) in [6.45, 7) is 0.314. The van der Waals surface area contributed by atoms with Crippen molar-refractivity contribution in [2.45, 2.75) is 29.8 Å². The smallest absolute Gasteiger partial charge is 0.272 e. The van der Waals surface area contributed by atoms with Crippen LogP contribution in [0, 0.1) is 5.41 Å². The van der Waals surface area contributed by atoms with Crippen molar-refractivity contribution < 1.29 is 22.8 Å². The zero-order valence-corrected chi connectivity index (χ0v) is 24.2. The molecule has 1 aromatic heterocycles. The Morgan fingerprint density at radius 1 is 1.05 bits per heavy atom. The standard InChI is InChI=1S/C30H30N8O5S/c31-28(32)21-5-3-4-20(14-21)25-15-30(43-38-25,16-27(39)35-13-12-23-17-34-18-36-23)29(40)37-22-10-8-19(9-11-22)24-6-1-2-7-26(24)44(33,41)42/h1-11,14,17-18H,12-13,15-16H2,(H3,31,32)(H,34,36)(H,35,39)(H,37,40)(H2,33,41,42). The molecule has 4 aromatic rings. The number of nitrogen functional groups attached to an aromatic ring is 1. The summed E-state index contributed by atoms with van der Waals surface area (Å²) in [5, 5.41) is 22.9. The SMILES string of the molecule is N=C(N)c1cccc(C2=NOC(CC(=O)NCCc3cnc[nH]3)(C(=O)Nc3ccc(-c4ccccc4S(N)(=O)=O)cc3)C2)c1. The minimum absolute atomic E-state index is 0.0199. The van der Waals surface area contributed by atoms with Gasteiger partial charge in [-0.05, 0) is 29.8 Å². The molecule has 1 unspecified atom stereocenters. The van der Waals surface area contributed by atoms with Crippen molar-refractivity contribution in [3.05, 3.63) is 102 Å². The summed E-state index contributed by atoms with van der Waals surface area (Å²) < 4.78 is 24.1. The summed E-state index contributed by atoms with van der Waals surface area (Å²) in [6, 6.07) is 19.7. The molecule has 5 rings (SSSR count). The highest BCUT2D eigenvalue weighted by Gasteiger charge is 2.48. The van der Waals surface area contributed by atoms with Crippen LogP contribution in [0.15, 0.2) is 95.4 Å². The van der Waals surface area contributed by atoms with Crippen LogP contribution < -0.4 is 21.5 Å². The number of benzene rings is 3. The fourth-order valence-electron chi connectivity index (χ4n) is 4.81. The molecule has 8 N–H and O–H groups in total. The molecule has 0 bridgehead atoms. The van der Waals surface area contributed by atoms with Crippen molar-refractivity contribution in [2.24, 2.45) is 16.0 Å². The summed E-state index contributed by atoms with van der Waals surface area (Å²) in [4.78, 5) is 39.5. The monoisotopic (exact) mass is 614 g/mol. The lowest BCUT2D eigenvalue weighted by Gasteiger charge is -2.25. The number of H-pyrrole nitrogens is 1. The van der Waals surface area contributed by atoms with E-state index in [-0.39, 0.29) is 23.6 Å². The number of anilines is 1. The third kappa shape index (κ3) is 6.82. The van der Waals surface area contributed by atoms with Crippen LogP contribution in [0.1, 0.15) is 29.7 Å². The first-order valence-corrected chi connectivity index (χ1v) is 15.1. The Bertz CT molecular complexity index is 1840. The molecule has 2 heterocycles. The van der Waals surface area contributed by atoms with E-state index < -0.39 is 27.4 Å². The fraction of sp³-hybridized carbons (Fsp3) is 0.167. The Labute approximate surface area is 253 Å². The van der Waals surface area contributed by atoms with Crippen molar-refractivity contribution in [3.8, 4) is 11.1 Å². The molecule has 0 saturated carbocycles. The van der Waals surface area contributed by atoms with E-state index in [9.17, 15) is 18.0 Å². The van der Waals surface area contributed by atoms with Crippen LogP contribution in [0.5, 0.6) is 0 Å². The molecule has 2 amide bonds. The molecule has 0 spiro atoms. The number of nitrogens with two attached hydrogens (primary N) is 2. The molecule has 13 nitrogen and oxygen atoms in total. The maximum Gasteiger partial charge on any atom is 0.272 e. The van der Waals surface area contributed by atoms with Gasteiger partial charge in [-0.25, -0.2) is 18.5 Å². The molecule has 0 aliphatic carbocycles. The van der Waals surface area contributed by atoms with Gasteiger partial charge in [0.25, 0.3) is 5.91 Å². The number of aromatic amines is 1. The lowest BCUT2D eigenvalue weighted by molar-refractivity contribution is -0.145. The number of hydrogen-bond acceptors (Lipinski definition) is 8. The van der Waals surface area contributed by atoms with E-state index in [4.69, 9.17) is 21.1 Å². The van der Waals surface area contributed by atoms with Crippen molar-refractivity contribution in [1.82, 2.24) is 15.3 Å². The van der Waals surface area contributed by atoms with E-state index in [1.54, 1.807) is 79.3 Å². The number of nitrogens with zero attached hydrogens (tertiary/aromatic N) is 2. The number of hydrogen-bond donors (Lipinski definition) is 6. The van der Waals surface area contributed by atoms with Gasteiger partial charge in [0, 0.05) is 53.7 Å². The van der Waals surface area contributed by atoms with E-state index in [0.717, 1.165) is 5.69 Å². The number of rotatable bonds is 11. The molecular formula is C30H30N8O5S. The van der Waals surface area contributed by atoms with Crippen molar-refractivity contribution >= 4 is 39.1 Å². The van der Waals surface area contributed by atoms with Gasteiger partial charge in [-0.3, -0.25) is 15.0 Å². The summed E-state index contributed by atoms with van der Waals surface area (Å²) in [5.41, 5.74) is 7.71. The van der Waals surface area contributed by atoms with Gasteiger partial charge in [-0.2, -0.15) is 0 Å². The summed E-state index contributed by atoms with van der Waals surface area (Å²) in [6.07, 6.45) is 3.39. The van der Waals surface area contributed by atoms with Gasteiger partial charge in [0.1, 0.15) is 5.84 Å². The molecule has 1 aliphatic rings. The number of aromatic nitrogens is 2. The molecule has 1 atom stereocenters. The largest absolute Gasteiger partial charge is 0.384 e. The van der Waals surface area contributed by atoms with Crippen molar-refractivity contribution in [3.63, 3.8) is 0 Å². The van der Waals surface area contributed by atoms with Crippen LogP contribution >= 0.6 is 0 Å². The van der Waals surface area contributed by atoms with Crippen LogP contribution in [-0.4, -0.2) is 53.9 Å². The highest BCUT2D eigenvalue weighted by atomic mass is 32.2. The van der Waals surface area contributed by atoms with E-state index in [1.165, 1.54) is 6.07 Å². The second-order valence-corrected chi connectivity index (χ2v) is 11.8. The summed E-state index contributed by atoms with van der Waals surface area (Å²) in [7, 11) is -3.96. The van der Waals surface area contributed by atoms with Crippen LogP contribution in [0.2, 0.25) is 0 Å². The molecule has 3 aromatic carbocycles. The molecule has 14 heteroatoms. The second-order valence-electron chi connectivity index (χ2n) is 10.2. The number of nitrogens with one attached hydrogen (secondary N) is 4. The summed E-state index contributed by atoms with van der Waals surface area (Å²) >= 11 is 0. The van der Waals surface area contributed by atoms with Gasteiger partial charge in [-0.15, -0.1) is 0 Å². The Balaban J connectivity index is 1.35. The Morgan fingerprint density at radius 3 is 2.52 bits per heavy atom. The summed E-state index contributed by atoms with van der Waals surface area (Å²) in [5.74, 6) is -1.13. The maximum atomic E-state index is 13.8. The fourth-order valence-corrected chi connectivity index (χ4v) is 5.57. The zero-order chi connectivity index (χ0) is 31.3. The molecule has 0 fully saturated rings. The average Bonchev–Trinajstić information content (AvgIpc) is 3.68. The number of primary sulfonamides is 1. The van der Waals surface area contributed by atoms with Gasteiger partial charge in [0.2, 0.25) is 21.5 Å². The highest BCUT2D eigenvalue weighted by molar-refractivity contribution is 7.89. The molecule has 1 aliphatic heterocycles. The van der Waals surface area contributed by atoms with Gasteiger partial charge >= 0.3 is 0 Å². The quantitative estimate of drug-likeness (QED) is 0.109. The van der Waals surface area contributed by atoms with E-state index in [2.05, 4.69) is 25.8 Å². The van der Waals surface area contributed by atoms with Gasteiger partial charge in [0.05, 0.1) is 23.4 Å². The minimum Gasteiger partial charge on any atom is -0.384 e. The molecule has 0 radical (unpaired) electrons. The normalized spacial score (nSPS) is 16.1. The molecule has 226 valence electrons. The topological polar surface area (TPSA) is 218 Å². The van der Waals surface area contributed by atoms with Gasteiger partial charge < -0.3 is 26.2 Å². The predicted molar refractivity (Wildman–Crippen MR) is 164 cm³/mol. The third-order valence-electron chi connectivity index (χ3n) is 7.07. The third-order valence-corrected chi connectivity index (χ3v) is 8.04. The van der Waals surface area contributed by atoms with Crippen LogP contribution in [0.4, 0.5) is 5.69 Å². The highest BCUT2D eigenvalue weighted by Crippen LogP contribution is 2.33. The number of carbonyl (C=O) groups excluding carboxylic acids is 2. The minimum atomic E-state index is -3.96. The Morgan fingerprint density at radius 2 is 1.82 bits per heavy atom. The van der Waals surface area contributed by atoms with Crippen molar-refractivity contribution in [1.29, 1.82) is 5.41 Å². The number of oxime groups is 1. The first-order chi connectivity index (χ1) is 21.0. The first-order valence-electron chi connectivity index (χ1n) is 13.5. The van der Waals surface area contributed by atoms with Crippen LogP contribution in [0.25, 0.3) is 11.1 Å². The molecule has 0 saturated heterocycles. The zero-order valence-electron chi connectivity index (χ0n) is 23.4. The lowest BCUT2D eigenvalue weighted by Crippen LogP contribution is -2.47. The molecular weight excluding hydrogens is 584 g/mol. The van der Waals surface area contributed by atoms with E-state index in [0.29, 0.717) is 46.6 Å². The Kier molecular flexibility index (Phi) is 8.55. The second kappa shape index (κ2) is 12.5. The van der Waals surface area contributed by atoms with Gasteiger partial charge in [-0.1, -0.05) is 53.7 Å². The Hall–Kier alpha value is -5.34. The van der Waals surface area contributed by atoms with E-state index in [1.807, 2.05) is 0 Å². The average molecular weight is 615 g/mol. The van der Waals surface area contributed by atoms with Gasteiger partial charge in [0.15, 0.2) is 0 Å². The first kappa shape index (κ1) is 30.1. The molecule has 44 heavy (non-hydrogen) atoms.